The molecule has 0 fully saturated rings. The minimum atomic E-state index is -0.228. The van der Waals surface area contributed by atoms with Gasteiger partial charge in [-0.15, -0.1) is 0 Å². The molecule has 1 aliphatic rings. The molecular weight excluding hydrogens is 707 g/mol. The third kappa shape index (κ3) is 4.71. The van der Waals surface area contributed by atoms with E-state index >= 15 is 0 Å². The normalized spacial score (nSPS) is 13.1. The van der Waals surface area contributed by atoms with Crippen LogP contribution in [0, 0.1) is 0 Å². The lowest BCUT2D eigenvalue weighted by molar-refractivity contribution is 0.661. The number of pyridine rings is 1. The molecule has 3 aromatic heterocycles. The van der Waals surface area contributed by atoms with Crippen LogP contribution in [0.3, 0.4) is 0 Å². The number of hydrogen-bond donors (Lipinski definition) is 0. The average Bonchev–Trinajstić information content (AvgIpc) is 3.73. The van der Waals surface area contributed by atoms with E-state index in [1.165, 1.54) is 60.0 Å². The highest BCUT2D eigenvalue weighted by atomic mass is 15.0. The number of rotatable bonds is 4. The van der Waals surface area contributed by atoms with Gasteiger partial charge in [0.1, 0.15) is 0 Å². The predicted molar refractivity (Wildman–Crippen MR) is 238 cm³/mol. The van der Waals surface area contributed by atoms with Crippen LogP contribution >= 0.6 is 0 Å². The van der Waals surface area contributed by atoms with E-state index in [0.29, 0.717) is 17.5 Å². The Morgan fingerprint density at radius 1 is 0.431 bits per heavy atom. The van der Waals surface area contributed by atoms with Gasteiger partial charge in [0, 0.05) is 51.0 Å². The molecule has 272 valence electrons. The quantitative estimate of drug-likeness (QED) is 0.169. The largest absolute Gasteiger partial charge is 0.309 e. The van der Waals surface area contributed by atoms with E-state index in [2.05, 4.69) is 127 Å². The summed E-state index contributed by atoms with van der Waals surface area (Å²) in [5.74, 6) is 1.91. The first-order valence-electron chi connectivity index (χ1n) is 19.8. The Hall–Kier alpha value is -7.50. The number of benzene rings is 8. The van der Waals surface area contributed by atoms with Crippen LogP contribution in [0.15, 0.2) is 176 Å². The summed E-state index contributed by atoms with van der Waals surface area (Å²) in [7, 11) is 0. The molecule has 0 N–H and O–H groups in total. The molecule has 12 rings (SSSR count). The fraction of sp³-hybridized carbons (Fsp3) is 0.0566. The maximum absolute atomic E-state index is 5.06. The molecule has 5 heteroatoms. The molecule has 11 aromatic rings. The van der Waals surface area contributed by atoms with E-state index in [1.807, 2.05) is 73.1 Å². The Kier molecular flexibility index (Phi) is 6.91. The van der Waals surface area contributed by atoms with Crippen molar-refractivity contribution in [1.82, 2.24) is 24.5 Å². The Labute approximate surface area is 335 Å². The Bertz CT molecular complexity index is 3380. The van der Waals surface area contributed by atoms with Gasteiger partial charge in [0.25, 0.3) is 0 Å². The minimum absolute atomic E-state index is 0.228. The van der Waals surface area contributed by atoms with Gasteiger partial charge in [-0.25, -0.2) is 15.0 Å². The first kappa shape index (κ1) is 32.7. The topological polar surface area (TPSA) is 56.5 Å². The number of hydrogen-bond acceptors (Lipinski definition) is 4. The van der Waals surface area contributed by atoms with Crippen LogP contribution in [0.2, 0.25) is 0 Å². The van der Waals surface area contributed by atoms with Gasteiger partial charge in [-0.3, -0.25) is 4.98 Å². The molecule has 0 atom stereocenters. The van der Waals surface area contributed by atoms with Gasteiger partial charge < -0.3 is 4.57 Å². The number of aromatic nitrogens is 5. The predicted octanol–water partition coefficient (Wildman–Crippen LogP) is 13.1. The van der Waals surface area contributed by atoms with Gasteiger partial charge in [0.05, 0.1) is 11.0 Å². The number of fused-ring (bicyclic) bond motifs is 13. The highest BCUT2D eigenvalue weighted by molar-refractivity contribution is 6.29. The highest BCUT2D eigenvalue weighted by Gasteiger charge is 2.38. The van der Waals surface area contributed by atoms with Crippen molar-refractivity contribution >= 4 is 54.1 Å². The summed E-state index contributed by atoms with van der Waals surface area (Å²) >= 11 is 0. The van der Waals surface area contributed by atoms with Crippen molar-refractivity contribution in [1.29, 1.82) is 0 Å². The molecule has 0 aliphatic heterocycles. The van der Waals surface area contributed by atoms with E-state index in [1.54, 1.807) is 0 Å². The molecule has 0 radical (unpaired) electrons. The average molecular weight is 742 g/mol. The zero-order valence-corrected chi connectivity index (χ0v) is 32.0. The highest BCUT2D eigenvalue weighted by Crippen LogP contribution is 2.55. The van der Waals surface area contributed by atoms with Gasteiger partial charge >= 0.3 is 0 Å². The van der Waals surface area contributed by atoms with Crippen LogP contribution in [0.1, 0.15) is 25.0 Å². The Balaban J connectivity index is 1.10. The second kappa shape index (κ2) is 12.2. The maximum Gasteiger partial charge on any atom is 0.164 e. The molecular formula is C53H35N5. The van der Waals surface area contributed by atoms with Crippen LogP contribution < -0.4 is 0 Å². The summed E-state index contributed by atoms with van der Waals surface area (Å²) in [5.41, 5.74) is 11.2. The van der Waals surface area contributed by atoms with Gasteiger partial charge in [-0.05, 0) is 84.9 Å². The lowest BCUT2D eigenvalue weighted by Gasteiger charge is -2.22. The number of nitrogens with zero attached hydrogens (tertiary/aromatic N) is 5. The summed E-state index contributed by atoms with van der Waals surface area (Å²) < 4.78 is 2.38. The second-order valence-corrected chi connectivity index (χ2v) is 15.9. The molecule has 5 nitrogen and oxygen atoms in total. The van der Waals surface area contributed by atoms with Crippen LogP contribution in [0.25, 0.3) is 105 Å². The SMILES string of the molecule is CC1(C)c2cc3c(cc2-c2c1ccc1c4ccccc4c4ccccc4c21)c1cnccc1n3-c1cccc(-c2nc(-c3ccccc3)nc(-c3ccccc3)n2)c1. The van der Waals surface area contributed by atoms with Crippen LogP contribution in [0.4, 0.5) is 0 Å². The van der Waals surface area contributed by atoms with Gasteiger partial charge in [-0.1, -0.05) is 147 Å². The Morgan fingerprint density at radius 3 is 1.67 bits per heavy atom. The van der Waals surface area contributed by atoms with Crippen molar-refractivity contribution < 1.29 is 0 Å². The zero-order valence-electron chi connectivity index (χ0n) is 32.0. The van der Waals surface area contributed by atoms with E-state index in [0.717, 1.165) is 38.8 Å². The molecule has 0 saturated heterocycles. The first-order chi connectivity index (χ1) is 28.5. The fourth-order valence-electron chi connectivity index (χ4n) is 9.57. The lowest BCUT2D eigenvalue weighted by atomic mass is 9.81. The van der Waals surface area contributed by atoms with Gasteiger partial charge in [0.2, 0.25) is 0 Å². The van der Waals surface area contributed by atoms with E-state index in [4.69, 9.17) is 15.0 Å². The van der Waals surface area contributed by atoms with Crippen molar-refractivity contribution in [2.45, 2.75) is 19.3 Å². The van der Waals surface area contributed by atoms with Crippen molar-refractivity contribution in [2.24, 2.45) is 0 Å². The third-order valence-electron chi connectivity index (χ3n) is 12.3. The molecule has 1 aliphatic carbocycles. The van der Waals surface area contributed by atoms with Crippen molar-refractivity contribution in [2.75, 3.05) is 0 Å². The zero-order chi connectivity index (χ0) is 38.5. The van der Waals surface area contributed by atoms with E-state index in [-0.39, 0.29) is 5.41 Å². The van der Waals surface area contributed by atoms with Gasteiger partial charge in [-0.2, -0.15) is 0 Å². The maximum atomic E-state index is 5.06. The van der Waals surface area contributed by atoms with E-state index in [9.17, 15) is 0 Å². The van der Waals surface area contributed by atoms with Crippen LogP contribution in [-0.4, -0.2) is 24.5 Å². The monoisotopic (exact) mass is 741 g/mol. The van der Waals surface area contributed by atoms with Crippen LogP contribution in [0.5, 0.6) is 0 Å². The van der Waals surface area contributed by atoms with Gasteiger partial charge in [0.15, 0.2) is 17.5 Å². The summed E-state index contributed by atoms with van der Waals surface area (Å²) in [5, 5.41) is 10.1. The molecule has 0 spiro atoms. The van der Waals surface area contributed by atoms with Crippen LogP contribution in [-0.2, 0) is 5.41 Å². The molecule has 0 amide bonds. The molecule has 58 heavy (non-hydrogen) atoms. The fourth-order valence-corrected chi connectivity index (χ4v) is 9.57. The lowest BCUT2D eigenvalue weighted by Crippen LogP contribution is -2.15. The second-order valence-electron chi connectivity index (χ2n) is 15.9. The molecule has 0 bridgehead atoms. The van der Waals surface area contributed by atoms with Crippen molar-refractivity contribution in [3.05, 3.63) is 187 Å². The molecule has 8 aromatic carbocycles. The molecule has 0 saturated carbocycles. The van der Waals surface area contributed by atoms with E-state index < -0.39 is 0 Å². The third-order valence-corrected chi connectivity index (χ3v) is 12.3. The first-order valence-corrected chi connectivity index (χ1v) is 19.8. The molecule has 0 unspecified atom stereocenters. The standard InChI is InChI=1S/C53H35N5/c1-53(2)44-25-24-40-38-22-10-9-20-36(38)37-21-11-12-23-39(37)48(40)49(44)42-29-41-43-31-54-27-26-46(43)58(47(41)30-45(42)53)35-19-13-18-34(28-35)52-56-50(32-14-5-3-6-15-32)55-51(57-52)33-16-7-4-8-17-33/h3-31H,1-2H3. The summed E-state index contributed by atoms with van der Waals surface area (Å²) in [6.07, 6.45) is 3.91. The molecule has 3 heterocycles. The Morgan fingerprint density at radius 2 is 1.00 bits per heavy atom. The summed E-state index contributed by atoms with van der Waals surface area (Å²) in [6, 6.07) is 58.3. The minimum Gasteiger partial charge on any atom is -0.309 e. The smallest absolute Gasteiger partial charge is 0.164 e. The summed E-state index contributed by atoms with van der Waals surface area (Å²) in [6.45, 7) is 4.76. The van der Waals surface area contributed by atoms with Crippen molar-refractivity contribution in [3.8, 4) is 51.0 Å². The summed E-state index contributed by atoms with van der Waals surface area (Å²) in [4.78, 5) is 19.7. The van der Waals surface area contributed by atoms with Crippen molar-refractivity contribution in [3.63, 3.8) is 0 Å².